The number of benzene rings is 2. The molecule has 1 atom stereocenters. The number of aliphatic hydroxyl groups is 1. The fourth-order valence-electron chi connectivity index (χ4n) is 2.21. The van der Waals surface area contributed by atoms with Crippen LogP contribution in [0.1, 0.15) is 38.2 Å². The summed E-state index contributed by atoms with van der Waals surface area (Å²) < 4.78 is 17.1. The second-order valence-corrected chi connectivity index (χ2v) is 12.7. The van der Waals surface area contributed by atoms with Crippen LogP contribution >= 0.6 is 0 Å². The molecule has 1 unspecified atom stereocenters. The predicted octanol–water partition coefficient (Wildman–Crippen LogP) is 5.29. The number of methoxy groups -OCH3 is 1. The van der Waals surface area contributed by atoms with Crippen molar-refractivity contribution in [2.24, 2.45) is 0 Å². The van der Waals surface area contributed by atoms with E-state index in [1.807, 2.05) is 36.4 Å². The van der Waals surface area contributed by atoms with Crippen molar-refractivity contribution in [1.29, 1.82) is 0 Å². The Kier molecular flexibility index (Phi) is 6.50. The van der Waals surface area contributed by atoms with Crippen LogP contribution in [0.5, 0.6) is 11.5 Å². The molecule has 0 aliphatic rings. The van der Waals surface area contributed by atoms with Gasteiger partial charge in [0.1, 0.15) is 11.5 Å². The third-order valence-electron chi connectivity index (χ3n) is 4.98. The maximum absolute atomic E-state index is 10.3. The van der Waals surface area contributed by atoms with Crippen molar-refractivity contribution >= 4 is 8.32 Å². The van der Waals surface area contributed by atoms with Crippen LogP contribution in [0, 0.1) is 0 Å². The minimum atomic E-state index is -1.77. The summed E-state index contributed by atoms with van der Waals surface area (Å²) in [6.07, 6.45) is -1.08. The lowest BCUT2D eigenvalue weighted by molar-refractivity contribution is -0.0210. The molecule has 0 fully saturated rings. The SMILES string of the molecule is COc1ccccc1C(O)Oc1ccc(CO[Si](C)(C)C(C)(C)C)cc1. The van der Waals surface area contributed by atoms with E-state index in [4.69, 9.17) is 13.9 Å². The standard InChI is InChI=1S/C21H30O4Si/c1-21(2,3)26(5,6)24-15-16-11-13-17(14-12-16)25-20(22)18-9-7-8-10-19(18)23-4/h7-14,20,22H,15H2,1-6H3. The first-order chi connectivity index (χ1) is 12.1. The van der Waals surface area contributed by atoms with Crippen molar-refractivity contribution in [2.75, 3.05) is 7.11 Å². The largest absolute Gasteiger partial charge is 0.496 e. The summed E-state index contributed by atoms with van der Waals surface area (Å²) in [5.74, 6) is 1.19. The van der Waals surface area contributed by atoms with E-state index in [1.165, 1.54) is 0 Å². The fourth-order valence-corrected chi connectivity index (χ4v) is 3.17. The monoisotopic (exact) mass is 374 g/mol. The van der Waals surface area contributed by atoms with Gasteiger partial charge in [0.15, 0.2) is 8.32 Å². The Morgan fingerprint density at radius 1 is 1.00 bits per heavy atom. The van der Waals surface area contributed by atoms with Gasteiger partial charge in [0.25, 0.3) is 0 Å². The lowest BCUT2D eigenvalue weighted by atomic mass is 10.2. The molecule has 0 amide bonds. The summed E-state index contributed by atoms with van der Waals surface area (Å²) in [7, 11) is -0.195. The molecule has 0 aliphatic carbocycles. The van der Waals surface area contributed by atoms with Crippen LogP contribution < -0.4 is 9.47 Å². The molecule has 2 aromatic carbocycles. The molecule has 0 aliphatic heterocycles. The summed E-state index contributed by atoms with van der Waals surface area (Å²) in [6.45, 7) is 11.8. The highest BCUT2D eigenvalue weighted by Crippen LogP contribution is 2.37. The van der Waals surface area contributed by atoms with Gasteiger partial charge in [0, 0.05) is 0 Å². The molecule has 0 radical (unpaired) electrons. The van der Waals surface area contributed by atoms with Crippen LogP contribution in [0.4, 0.5) is 0 Å². The van der Waals surface area contributed by atoms with Crippen molar-refractivity contribution in [1.82, 2.24) is 0 Å². The molecule has 142 valence electrons. The zero-order valence-corrected chi connectivity index (χ0v) is 17.6. The van der Waals surface area contributed by atoms with Gasteiger partial charge in [-0.2, -0.15) is 0 Å². The van der Waals surface area contributed by atoms with Gasteiger partial charge in [-0.05, 0) is 48.0 Å². The Morgan fingerprint density at radius 3 is 2.19 bits per heavy atom. The van der Waals surface area contributed by atoms with Gasteiger partial charge in [0.05, 0.1) is 19.3 Å². The summed E-state index contributed by atoms with van der Waals surface area (Å²) >= 11 is 0. The molecule has 0 saturated carbocycles. The van der Waals surface area contributed by atoms with Crippen molar-refractivity contribution in [3.05, 3.63) is 59.7 Å². The molecule has 0 saturated heterocycles. The topological polar surface area (TPSA) is 47.9 Å². The highest BCUT2D eigenvalue weighted by molar-refractivity contribution is 6.74. The van der Waals surface area contributed by atoms with Gasteiger partial charge in [-0.1, -0.05) is 45.0 Å². The molecule has 26 heavy (non-hydrogen) atoms. The second kappa shape index (κ2) is 8.25. The van der Waals surface area contributed by atoms with Gasteiger partial charge < -0.3 is 19.0 Å². The predicted molar refractivity (Wildman–Crippen MR) is 107 cm³/mol. The number of para-hydroxylation sites is 1. The lowest BCUT2D eigenvalue weighted by Crippen LogP contribution is -2.40. The van der Waals surface area contributed by atoms with Crippen LogP contribution in [0.25, 0.3) is 0 Å². The highest BCUT2D eigenvalue weighted by Gasteiger charge is 2.36. The van der Waals surface area contributed by atoms with Gasteiger partial charge in [-0.3, -0.25) is 0 Å². The molecule has 1 N–H and O–H groups in total. The van der Waals surface area contributed by atoms with Crippen molar-refractivity contribution in [3.8, 4) is 11.5 Å². The van der Waals surface area contributed by atoms with Crippen LogP contribution in [0.3, 0.4) is 0 Å². The molecular formula is C21H30O4Si. The average molecular weight is 375 g/mol. The van der Waals surface area contributed by atoms with Gasteiger partial charge in [0.2, 0.25) is 6.29 Å². The zero-order valence-electron chi connectivity index (χ0n) is 16.6. The quantitative estimate of drug-likeness (QED) is 0.528. The average Bonchev–Trinajstić information content (AvgIpc) is 2.60. The van der Waals surface area contributed by atoms with Crippen LogP contribution in [0.2, 0.25) is 18.1 Å². The highest BCUT2D eigenvalue weighted by atomic mass is 28.4. The van der Waals surface area contributed by atoms with E-state index in [1.54, 1.807) is 19.2 Å². The lowest BCUT2D eigenvalue weighted by Gasteiger charge is -2.36. The molecule has 2 aromatic rings. The van der Waals surface area contributed by atoms with Gasteiger partial charge >= 0.3 is 0 Å². The van der Waals surface area contributed by atoms with E-state index in [-0.39, 0.29) is 5.04 Å². The smallest absolute Gasteiger partial charge is 0.227 e. The first-order valence-corrected chi connectivity index (χ1v) is 11.8. The number of ether oxygens (including phenoxy) is 2. The first kappa shape index (κ1) is 20.5. The maximum Gasteiger partial charge on any atom is 0.227 e. The van der Waals surface area contributed by atoms with E-state index in [2.05, 4.69) is 33.9 Å². The zero-order chi connectivity index (χ0) is 19.4. The molecule has 0 heterocycles. The van der Waals surface area contributed by atoms with E-state index < -0.39 is 14.6 Å². The second-order valence-electron chi connectivity index (χ2n) is 7.91. The Bertz CT molecular complexity index is 705. The molecule has 0 spiro atoms. The third-order valence-corrected chi connectivity index (χ3v) is 9.46. The number of aliphatic hydroxyl groups excluding tert-OH is 1. The van der Waals surface area contributed by atoms with E-state index in [0.717, 1.165) is 5.56 Å². The molecular weight excluding hydrogens is 344 g/mol. The Morgan fingerprint density at radius 2 is 1.62 bits per heavy atom. The summed E-state index contributed by atoms with van der Waals surface area (Å²) in [4.78, 5) is 0. The minimum absolute atomic E-state index is 0.189. The van der Waals surface area contributed by atoms with E-state index in [9.17, 15) is 5.11 Å². The maximum atomic E-state index is 10.3. The number of hydrogen-bond donors (Lipinski definition) is 1. The fraction of sp³-hybridized carbons (Fsp3) is 0.429. The molecule has 4 nitrogen and oxygen atoms in total. The van der Waals surface area contributed by atoms with Crippen LogP contribution in [-0.4, -0.2) is 20.5 Å². The molecule has 0 bridgehead atoms. The van der Waals surface area contributed by atoms with Gasteiger partial charge in [-0.15, -0.1) is 0 Å². The van der Waals surface area contributed by atoms with Crippen molar-refractivity contribution < 1.29 is 19.0 Å². The summed E-state index contributed by atoms with van der Waals surface area (Å²) in [5, 5.41) is 10.5. The number of rotatable bonds is 7. The van der Waals surface area contributed by atoms with E-state index >= 15 is 0 Å². The third kappa shape index (κ3) is 5.10. The Balaban J connectivity index is 1.99. The van der Waals surface area contributed by atoms with E-state index in [0.29, 0.717) is 23.7 Å². The summed E-state index contributed by atoms with van der Waals surface area (Å²) in [5.41, 5.74) is 1.69. The number of hydrogen-bond acceptors (Lipinski definition) is 4. The first-order valence-electron chi connectivity index (χ1n) is 8.84. The summed E-state index contributed by atoms with van der Waals surface area (Å²) in [6, 6.07) is 14.9. The minimum Gasteiger partial charge on any atom is -0.496 e. The molecule has 0 aromatic heterocycles. The Hall–Kier alpha value is -1.82. The van der Waals surface area contributed by atoms with Crippen molar-refractivity contribution in [3.63, 3.8) is 0 Å². The van der Waals surface area contributed by atoms with Crippen LogP contribution in [0.15, 0.2) is 48.5 Å². The van der Waals surface area contributed by atoms with Crippen LogP contribution in [-0.2, 0) is 11.0 Å². The van der Waals surface area contributed by atoms with Gasteiger partial charge in [-0.25, -0.2) is 0 Å². The molecule has 2 rings (SSSR count). The Labute approximate surface area is 157 Å². The molecule has 5 heteroatoms. The normalized spacial score (nSPS) is 13.3. The van der Waals surface area contributed by atoms with Crippen molar-refractivity contribution in [2.45, 2.75) is 51.8 Å².